The van der Waals surface area contributed by atoms with Crippen LogP contribution in [-0.2, 0) is 11.3 Å². The molecule has 2 amide bonds. The molecule has 2 rings (SSSR count). The van der Waals surface area contributed by atoms with Crippen molar-refractivity contribution in [2.24, 2.45) is 0 Å². The van der Waals surface area contributed by atoms with Crippen LogP contribution in [0.4, 0.5) is 0 Å². The predicted molar refractivity (Wildman–Crippen MR) is 99.3 cm³/mol. The van der Waals surface area contributed by atoms with Crippen LogP contribution in [0.1, 0.15) is 42.9 Å². The van der Waals surface area contributed by atoms with Crippen LogP contribution in [0.3, 0.4) is 0 Å². The molecule has 0 bridgehead atoms. The van der Waals surface area contributed by atoms with Crippen molar-refractivity contribution in [2.75, 3.05) is 19.7 Å². The molecular formula is C19H26N4O3. The van der Waals surface area contributed by atoms with Crippen molar-refractivity contribution in [3.8, 4) is 5.75 Å². The van der Waals surface area contributed by atoms with Crippen molar-refractivity contribution in [1.29, 1.82) is 0 Å². The van der Waals surface area contributed by atoms with Gasteiger partial charge in [0.05, 0.1) is 5.69 Å². The van der Waals surface area contributed by atoms with Crippen molar-refractivity contribution in [2.45, 2.75) is 33.2 Å². The number of nitrogens with one attached hydrogen (secondary N) is 2. The smallest absolute Gasteiger partial charge is 0.269 e. The Hall–Kier alpha value is -2.83. The van der Waals surface area contributed by atoms with Crippen molar-refractivity contribution in [1.82, 2.24) is 20.4 Å². The van der Waals surface area contributed by atoms with Gasteiger partial charge in [0.25, 0.3) is 11.8 Å². The molecule has 1 heterocycles. The number of nitrogens with zero attached hydrogens (tertiary/aromatic N) is 2. The highest BCUT2D eigenvalue weighted by atomic mass is 16.5. The second kappa shape index (κ2) is 9.60. The molecule has 0 radical (unpaired) electrons. The summed E-state index contributed by atoms with van der Waals surface area (Å²) >= 11 is 0. The van der Waals surface area contributed by atoms with E-state index in [1.54, 1.807) is 16.8 Å². The summed E-state index contributed by atoms with van der Waals surface area (Å²) in [6.45, 7) is 7.26. The highest BCUT2D eigenvalue weighted by Gasteiger charge is 2.15. The molecule has 1 aromatic heterocycles. The molecule has 140 valence electrons. The first-order valence-electron chi connectivity index (χ1n) is 8.81. The lowest BCUT2D eigenvalue weighted by Crippen LogP contribution is -2.37. The topological polar surface area (TPSA) is 85.3 Å². The van der Waals surface area contributed by atoms with Gasteiger partial charge in [-0.2, -0.15) is 5.10 Å². The highest BCUT2D eigenvalue weighted by Crippen LogP contribution is 2.14. The first kappa shape index (κ1) is 19.5. The Labute approximate surface area is 153 Å². The first-order chi connectivity index (χ1) is 12.5. The van der Waals surface area contributed by atoms with E-state index < -0.39 is 0 Å². The molecule has 0 aliphatic heterocycles. The van der Waals surface area contributed by atoms with E-state index >= 15 is 0 Å². The van der Waals surface area contributed by atoms with Gasteiger partial charge in [-0.15, -0.1) is 0 Å². The van der Waals surface area contributed by atoms with Crippen LogP contribution < -0.4 is 15.4 Å². The molecular weight excluding hydrogens is 332 g/mol. The standard InChI is InChI=1S/C19H26N4O3/c1-4-23-17(12-16(22-23)14(2)3)19(25)21-11-10-20-18(24)13-26-15-8-6-5-7-9-15/h5-9,12,14H,4,10-11,13H2,1-3H3,(H,20,24)(H,21,25). The molecule has 0 fully saturated rings. The van der Waals surface area contributed by atoms with E-state index in [-0.39, 0.29) is 24.3 Å². The minimum Gasteiger partial charge on any atom is -0.484 e. The van der Waals surface area contributed by atoms with Crippen LogP contribution in [-0.4, -0.2) is 41.3 Å². The van der Waals surface area contributed by atoms with Crippen molar-refractivity contribution in [3.05, 3.63) is 47.8 Å². The molecule has 26 heavy (non-hydrogen) atoms. The number of benzene rings is 1. The number of aromatic nitrogens is 2. The Kier molecular flexibility index (Phi) is 7.20. The summed E-state index contributed by atoms with van der Waals surface area (Å²) in [6.07, 6.45) is 0. The number of carbonyl (C=O) groups excluding carboxylic acids is 2. The van der Waals surface area contributed by atoms with E-state index in [1.807, 2.05) is 45.0 Å². The molecule has 0 atom stereocenters. The first-order valence-corrected chi connectivity index (χ1v) is 8.81. The largest absolute Gasteiger partial charge is 0.484 e. The zero-order chi connectivity index (χ0) is 18.9. The molecule has 2 aromatic rings. The van der Waals surface area contributed by atoms with Gasteiger partial charge >= 0.3 is 0 Å². The monoisotopic (exact) mass is 358 g/mol. The van der Waals surface area contributed by atoms with Crippen LogP contribution in [0.25, 0.3) is 0 Å². The summed E-state index contributed by atoms with van der Waals surface area (Å²) in [7, 11) is 0. The minimum atomic E-state index is -0.233. The summed E-state index contributed by atoms with van der Waals surface area (Å²) < 4.78 is 7.05. The Bertz CT molecular complexity index is 726. The number of amides is 2. The lowest BCUT2D eigenvalue weighted by molar-refractivity contribution is -0.123. The molecule has 0 saturated carbocycles. The lowest BCUT2D eigenvalue weighted by Gasteiger charge is -2.09. The van der Waals surface area contributed by atoms with E-state index in [0.717, 1.165) is 5.69 Å². The average Bonchev–Trinajstić information content (AvgIpc) is 3.09. The number of para-hydroxylation sites is 1. The summed E-state index contributed by atoms with van der Waals surface area (Å²) in [5.41, 5.74) is 1.43. The third-order valence-corrected chi connectivity index (χ3v) is 3.77. The molecule has 0 spiro atoms. The fraction of sp³-hybridized carbons (Fsp3) is 0.421. The average molecular weight is 358 g/mol. The molecule has 7 nitrogen and oxygen atoms in total. The number of rotatable bonds is 9. The van der Waals surface area contributed by atoms with Gasteiger partial charge in [0.2, 0.25) is 0 Å². The number of aryl methyl sites for hydroxylation is 1. The molecule has 0 aliphatic rings. The van der Waals surface area contributed by atoms with Gasteiger partial charge in [-0.25, -0.2) is 0 Å². The molecule has 1 aromatic carbocycles. The Morgan fingerprint density at radius 3 is 2.50 bits per heavy atom. The number of ether oxygens (including phenoxy) is 1. The van der Waals surface area contributed by atoms with Crippen LogP contribution in [0, 0.1) is 0 Å². The molecule has 2 N–H and O–H groups in total. The number of carbonyl (C=O) groups is 2. The fourth-order valence-corrected chi connectivity index (χ4v) is 2.33. The van der Waals surface area contributed by atoms with Gasteiger partial charge < -0.3 is 15.4 Å². The third kappa shape index (κ3) is 5.61. The quantitative estimate of drug-likeness (QED) is 0.671. The molecule has 0 aliphatic carbocycles. The minimum absolute atomic E-state index is 0.0572. The normalized spacial score (nSPS) is 10.6. The van der Waals surface area contributed by atoms with Crippen LogP contribution >= 0.6 is 0 Å². The molecule has 0 saturated heterocycles. The second-order valence-corrected chi connectivity index (χ2v) is 6.13. The number of hydrogen-bond donors (Lipinski definition) is 2. The van der Waals surface area contributed by atoms with Gasteiger partial charge in [-0.1, -0.05) is 32.0 Å². The van der Waals surface area contributed by atoms with Crippen LogP contribution in [0.2, 0.25) is 0 Å². The van der Waals surface area contributed by atoms with Crippen molar-refractivity contribution in [3.63, 3.8) is 0 Å². The van der Waals surface area contributed by atoms with E-state index in [9.17, 15) is 9.59 Å². The van der Waals surface area contributed by atoms with Gasteiger partial charge in [0.15, 0.2) is 6.61 Å². The maximum atomic E-state index is 12.3. The van der Waals surface area contributed by atoms with E-state index in [4.69, 9.17) is 4.74 Å². The van der Waals surface area contributed by atoms with Crippen LogP contribution in [0.15, 0.2) is 36.4 Å². The summed E-state index contributed by atoms with van der Waals surface area (Å²) in [5, 5.41) is 9.94. The third-order valence-electron chi connectivity index (χ3n) is 3.77. The maximum Gasteiger partial charge on any atom is 0.269 e. The van der Waals surface area contributed by atoms with E-state index in [0.29, 0.717) is 31.1 Å². The zero-order valence-electron chi connectivity index (χ0n) is 15.5. The van der Waals surface area contributed by atoms with E-state index in [2.05, 4.69) is 15.7 Å². The Balaban J connectivity index is 1.72. The van der Waals surface area contributed by atoms with Gasteiger partial charge in [-0.05, 0) is 31.0 Å². The van der Waals surface area contributed by atoms with Gasteiger partial charge in [-0.3, -0.25) is 14.3 Å². The summed E-state index contributed by atoms with van der Waals surface area (Å²) in [6, 6.07) is 11.0. The van der Waals surface area contributed by atoms with Gasteiger partial charge in [0, 0.05) is 19.6 Å². The molecule has 0 unspecified atom stereocenters. The Morgan fingerprint density at radius 1 is 1.15 bits per heavy atom. The van der Waals surface area contributed by atoms with Crippen molar-refractivity contribution < 1.29 is 14.3 Å². The fourth-order valence-electron chi connectivity index (χ4n) is 2.33. The second-order valence-electron chi connectivity index (χ2n) is 6.13. The Morgan fingerprint density at radius 2 is 1.85 bits per heavy atom. The summed E-state index contributed by atoms with van der Waals surface area (Å²) in [5.74, 6) is 0.479. The zero-order valence-corrected chi connectivity index (χ0v) is 15.5. The van der Waals surface area contributed by atoms with Gasteiger partial charge in [0.1, 0.15) is 11.4 Å². The maximum absolute atomic E-state index is 12.3. The highest BCUT2D eigenvalue weighted by molar-refractivity contribution is 5.92. The predicted octanol–water partition coefficient (Wildman–Crippen LogP) is 1.95. The summed E-state index contributed by atoms with van der Waals surface area (Å²) in [4.78, 5) is 24.1. The van der Waals surface area contributed by atoms with Crippen LogP contribution in [0.5, 0.6) is 5.75 Å². The van der Waals surface area contributed by atoms with Crippen molar-refractivity contribution >= 4 is 11.8 Å². The SMILES string of the molecule is CCn1nc(C(C)C)cc1C(=O)NCCNC(=O)COc1ccccc1. The molecule has 7 heteroatoms. The lowest BCUT2D eigenvalue weighted by atomic mass is 10.1. The number of hydrogen-bond acceptors (Lipinski definition) is 4. The van der Waals surface area contributed by atoms with E-state index in [1.165, 1.54) is 0 Å².